The first-order chi connectivity index (χ1) is 67.6. The van der Waals surface area contributed by atoms with Crippen molar-refractivity contribution in [2.75, 3.05) is 122 Å². The van der Waals surface area contributed by atoms with Gasteiger partial charge in [-0.2, -0.15) is 0 Å². The number of para-hydroxylation sites is 2. The van der Waals surface area contributed by atoms with Crippen molar-refractivity contribution in [1.82, 2.24) is 81.2 Å². The molecule has 734 valence electrons. The first-order valence-corrected chi connectivity index (χ1v) is 50.8. The highest BCUT2D eigenvalue weighted by Gasteiger charge is 2.54. The Morgan fingerprint density at radius 1 is 0.486 bits per heavy atom. The van der Waals surface area contributed by atoms with Gasteiger partial charge in [0, 0.05) is 162 Å². The molecule has 4 aromatic carbocycles. The minimum atomic E-state index is -1.19. The summed E-state index contributed by atoms with van der Waals surface area (Å²) in [4.78, 5) is 127. The zero-order valence-corrected chi connectivity index (χ0v) is 81.0. The highest BCUT2D eigenvalue weighted by atomic mass is 16.3. The summed E-state index contributed by atoms with van der Waals surface area (Å²) in [6.45, 7) is 19.5. The van der Waals surface area contributed by atoms with E-state index in [9.17, 15) is 34.8 Å². The predicted molar refractivity (Wildman–Crippen MR) is 533 cm³/mol. The van der Waals surface area contributed by atoms with E-state index in [-0.39, 0.29) is 104 Å². The molecule has 2 spiro atoms. The number of hydrogen-bond donors (Lipinski definition) is 10. The highest BCUT2D eigenvalue weighted by Crippen LogP contribution is 2.57. The molecular formula is C108H132N22O10. The second-order valence-electron chi connectivity index (χ2n) is 43.9. The topological polar surface area (TPSA) is 385 Å². The number of anilines is 6. The van der Waals surface area contributed by atoms with Crippen molar-refractivity contribution in [1.29, 1.82) is 0 Å². The third-order valence-corrected chi connectivity index (χ3v) is 33.4. The van der Waals surface area contributed by atoms with Crippen LogP contribution in [0.1, 0.15) is 201 Å². The molecular weight excluding hydrogens is 1770 g/mol. The molecule has 140 heavy (non-hydrogen) atoms. The van der Waals surface area contributed by atoms with Crippen LogP contribution in [0.3, 0.4) is 0 Å². The summed E-state index contributed by atoms with van der Waals surface area (Å²) in [6, 6.07) is 28.2. The van der Waals surface area contributed by atoms with Gasteiger partial charge < -0.3 is 91.5 Å². The van der Waals surface area contributed by atoms with E-state index in [4.69, 9.17) is 32.8 Å². The van der Waals surface area contributed by atoms with Gasteiger partial charge in [0.25, 0.3) is 0 Å². The lowest BCUT2D eigenvalue weighted by molar-refractivity contribution is -0.145. The lowest BCUT2D eigenvalue weighted by atomic mass is 9.56. The minimum absolute atomic E-state index is 0.000253. The van der Waals surface area contributed by atoms with Gasteiger partial charge in [-0.25, -0.2) is 19.9 Å². The van der Waals surface area contributed by atoms with Crippen LogP contribution >= 0.6 is 0 Å². The predicted octanol–water partition coefficient (Wildman–Crippen LogP) is 9.67. The number of phenols is 2. The van der Waals surface area contributed by atoms with Gasteiger partial charge in [-0.15, -0.1) is 33.2 Å². The number of aromatic nitrogens is 8. The summed E-state index contributed by atoms with van der Waals surface area (Å²) < 4.78 is 0. The van der Waals surface area contributed by atoms with Crippen molar-refractivity contribution in [3.05, 3.63) is 167 Å². The molecule has 0 bridgehead atoms. The Bertz CT molecular complexity index is 6000. The molecule has 0 unspecified atom stereocenters. The summed E-state index contributed by atoms with van der Waals surface area (Å²) in [5, 5.41) is 81.1. The van der Waals surface area contributed by atoms with Crippen molar-refractivity contribution < 1.29 is 49.2 Å². The Balaban J connectivity index is 0.424. The number of carbonyl (C=O) groups excluding carboxylic acids is 6. The Hall–Kier alpha value is -12.6. The number of benzene rings is 4. The number of carbonyl (C=O) groups is 6. The number of nitrogens with one attached hydrogen (secondary N) is 6. The van der Waals surface area contributed by atoms with Crippen LogP contribution in [0.15, 0.2) is 128 Å². The molecule has 6 amide bonds. The maximum Gasteiger partial charge on any atom is 0.246 e. The van der Waals surface area contributed by atoms with E-state index in [1.807, 2.05) is 120 Å². The van der Waals surface area contributed by atoms with Crippen molar-refractivity contribution in [2.24, 2.45) is 33.5 Å². The van der Waals surface area contributed by atoms with Gasteiger partial charge in [-0.3, -0.25) is 28.8 Å². The molecule has 0 radical (unpaired) electrons. The fourth-order valence-corrected chi connectivity index (χ4v) is 25.1. The summed E-state index contributed by atoms with van der Waals surface area (Å²) in [5.41, 5.74) is 8.71. The number of β-amino-alcohol motifs (C(OH)–C–C–N with tert-alkyl or cyclic N) is 2. The zero-order valence-electron chi connectivity index (χ0n) is 81.0. The Morgan fingerprint density at radius 3 is 1.35 bits per heavy atom. The molecule has 20 rings (SSSR count). The smallest absolute Gasteiger partial charge is 0.246 e. The number of hydrogen-bond acceptors (Lipinski definition) is 26. The van der Waals surface area contributed by atoms with Gasteiger partial charge in [-0.1, -0.05) is 95.0 Å². The van der Waals surface area contributed by atoms with Gasteiger partial charge >= 0.3 is 0 Å². The Labute approximate surface area is 819 Å². The fraction of sp³-hybridized carbons (Fsp3) is 0.537. The van der Waals surface area contributed by atoms with Crippen molar-refractivity contribution in [2.45, 2.75) is 242 Å². The summed E-state index contributed by atoms with van der Waals surface area (Å²) in [5.74, 6) is 6.60. The van der Waals surface area contributed by atoms with Crippen LogP contribution in [0, 0.1) is 58.2 Å². The van der Waals surface area contributed by atoms with E-state index in [1.165, 1.54) is 20.9 Å². The number of piperazine rings is 2. The number of rotatable bonds is 23. The quantitative estimate of drug-likeness (QED) is 0.0266. The van der Waals surface area contributed by atoms with E-state index >= 15 is 14.4 Å². The third-order valence-electron chi connectivity index (χ3n) is 33.4. The molecule has 10 N–H and O–H groups in total. The zero-order chi connectivity index (χ0) is 97.0. The molecule has 8 atom stereocenters. The van der Waals surface area contributed by atoms with Crippen molar-refractivity contribution in [3.63, 3.8) is 0 Å². The van der Waals surface area contributed by atoms with Gasteiger partial charge in [0.15, 0.2) is 11.6 Å². The van der Waals surface area contributed by atoms with Crippen LogP contribution in [0.2, 0.25) is 0 Å². The molecule has 8 aliphatic heterocycles. The van der Waals surface area contributed by atoms with E-state index in [2.05, 4.69) is 93.5 Å². The summed E-state index contributed by atoms with van der Waals surface area (Å²) in [7, 11) is 0. The highest BCUT2D eigenvalue weighted by molar-refractivity contribution is 5.95. The number of likely N-dealkylation sites (tertiary alicyclic amines) is 4. The van der Waals surface area contributed by atoms with Crippen LogP contribution in [-0.2, 0) is 48.3 Å². The molecule has 4 aromatic heterocycles. The van der Waals surface area contributed by atoms with E-state index in [0.29, 0.717) is 88.1 Å². The summed E-state index contributed by atoms with van der Waals surface area (Å²) >= 11 is 0. The Kier molecular flexibility index (Phi) is 26.8. The first kappa shape index (κ1) is 94.9. The Morgan fingerprint density at radius 2 is 0.914 bits per heavy atom. The second kappa shape index (κ2) is 39.5. The maximum atomic E-state index is 15.7. The van der Waals surface area contributed by atoms with Gasteiger partial charge in [0.1, 0.15) is 35.7 Å². The maximum absolute atomic E-state index is 15.7. The number of aliphatic hydroxyl groups excluding tert-OH is 2. The van der Waals surface area contributed by atoms with E-state index in [0.717, 1.165) is 202 Å². The molecule has 12 heterocycles. The molecule has 32 heteroatoms. The molecule has 12 aliphatic rings. The summed E-state index contributed by atoms with van der Waals surface area (Å²) in [6.07, 6.45) is 33.1. The van der Waals surface area contributed by atoms with Crippen LogP contribution < -0.4 is 51.5 Å². The number of fused-ring (bicyclic) bond motifs is 6. The van der Waals surface area contributed by atoms with Gasteiger partial charge in [-0.05, 0) is 251 Å². The van der Waals surface area contributed by atoms with Crippen molar-refractivity contribution >= 4 is 70.4 Å². The number of aromatic hydroxyl groups is 2. The molecule has 4 saturated carbocycles. The number of terminal acetylenes is 2. The lowest BCUT2D eigenvalue weighted by Crippen LogP contribution is -2.60. The van der Waals surface area contributed by atoms with Gasteiger partial charge in [0.2, 0.25) is 47.3 Å². The average molecular weight is 1900 g/mol. The molecule has 6 saturated heterocycles. The van der Waals surface area contributed by atoms with Crippen LogP contribution in [0.25, 0.3) is 22.5 Å². The molecule has 10 fully saturated rings. The largest absolute Gasteiger partial charge is 0.507 e. The normalized spacial score (nSPS) is 26.4. The second-order valence-corrected chi connectivity index (χ2v) is 43.9. The van der Waals surface area contributed by atoms with E-state index < -0.39 is 70.8 Å². The standard InChI is InChI=1S/C108H132N22O10/c1-8-66-18-20-67(21-19-66)54-111-99(137)90-46-82(132)65-130(90)102(140)94(118-98(136)73-26-34-108(35-27-73)52-78(53-108)124-38-30-71(31-39-124)76-58-115-104(116-59-76)126-41-43-128-80(63-126)61-110-96-88(128)48-86(120-122-96)84-15-11-13-17-92(84)134)106(6,7)49-74-44-68(22-23-69(74)9-2)55-112-100(138)89-45-81(131)64-129(89)101(139)93(105(3,4)5)117-97(135)72-24-32-107(33-25-72)50-77(51-107)123-36-28-70(29-37-123)75-56-113-103(114-57-75)125-40-42-127-79(62-125)60-109-95-87(127)47-85(119-121-95)83-14-10-12-16-91(83)133/h1-2,10-23,44,47-48,56-59,70-73,77-82,89-90,93-94,131-134H,24-43,45-46,49-55,60-65H2,3-7H3,(H,109,121)(H,110,122)(H,111,137)(H,112,138)(H,117,135)(H,118,136)/t72-,73-,77-,78-,79-,80-,81+,82+,89-,90-,93+,94+,107?,108?/m0/s1. The number of phenolic OH excluding ortho intramolecular Hbond substituents is 2. The molecule has 8 aromatic rings. The SMILES string of the molecule is C#Cc1ccc(CNC(=O)[C@@H]2C[C@@H](O)CN2C(=O)[C@@H](NC(=O)[C@H]2CCC3(CC2)C[C@H](N2CCC(c4cnc(N5CCN6c7cc(-c8ccccc8O)nnc7NC[C@H]6C5)nc4)CC2)C3)C(C)(C)Cc2cc(CNC(=O)[C@@H]3C[C@@H](O)CN3C(=O)[C@@H](NC(=O)[C@H]3CCC4(CC3)C[C@H](N3CCC(c5cnc(N6CCN7c8cc(-c9ccccc9O)nnc8NC[C@H]7C6)nc5)CC3)C4)C(C)(C)C)ccc2C#C)cc1. The number of nitrogens with zero attached hydrogens (tertiary/aromatic N) is 16. The fourth-order valence-electron chi connectivity index (χ4n) is 25.1. The van der Waals surface area contributed by atoms with Crippen molar-refractivity contribution in [3.8, 4) is 58.7 Å². The lowest BCUT2D eigenvalue weighted by Gasteiger charge is -2.55. The van der Waals surface area contributed by atoms with E-state index in [1.54, 1.807) is 42.5 Å². The number of amides is 6. The minimum Gasteiger partial charge on any atom is -0.507 e. The van der Waals surface area contributed by atoms with Gasteiger partial charge in [0.05, 0.1) is 47.1 Å². The van der Waals surface area contributed by atoms with Crippen LogP contribution in [0.4, 0.5) is 34.9 Å². The number of piperidine rings is 2. The molecule has 4 aliphatic carbocycles. The van der Waals surface area contributed by atoms with Crippen LogP contribution in [0.5, 0.6) is 11.5 Å². The monoisotopic (exact) mass is 1900 g/mol. The average Bonchev–Trinajstić information content (AvgIpc) is 0.859. The number of aliphatic hydroxyl groups is 2. The molecule has 32 nitrogen and oxygen atoms in total. The first-order valence-electron chi connectivity index (χ1n) is 50.8. The third kappa shape index (κ3) is 19.8. The van der Waals surface area contributed by atoms with Crippen LogP contribution in [-0.4, -0.2) is 268 Å².